The third kappa shape index (κ3) is 2.64. The molecule has 0 saturated carbocycles. The second-order valence-corrected chi connectivity index (χ2v) is 3.88. The first-order valence-corrected chi connectivity index (χ1v) is 5.35. The summed E-state index contributed by atoms with van der Waals surface area (Å²) >= 11 is 0. The van der Waals surface area contributed by atoms with E-state index in [1.165, 1.54) is 12.1 Å². The fourth-order valence-corrected chi connectivity index (χ4v) is 1.71. The fraction of sp³-hybridized carbons (Fsp3) is 0. The maximum atomic E-state index is 11.2. The van der Waals surface area contributed by atoms with E-state index in [0.29, 0.717) is 0 Å². The number of amides is 1. The van der Waals surface area contributed by atoms with Crippen LogP contribution in [0.1, 0.15) is 0 Å². The highest BCUT2D eigenvalue weighted by Crippen LogP contribution is 2.16. The van der Waals surface area contributed by atoms with Gasteiger partial charge in [0.15, 0.2) is 0 Å². The molecule has 1 aromatic carbocycles. The highest BCUT2D eigenvalue weighted by atomic mass is 32.2. The minimum Gasteiger partial charge on any atom is -0.269 e. The van der Waals surface area contributed by atoms with Crippen molar-refractivity contribution < 1.29 is 17.8 Å². The first-order valence-electron chi connectivity index (χ1n) is 3.96. The molecule has 0 radical (unpaired) electrons. The summed E-state index contributed by atoms with van der Waals surface area (Å²) in [6, 6.07) is 7.52. The summed E-state index contributed by atoms with van der Waals surface area (Å²) in [6.07, 6.45) is 0.806. The van der Waals surface area contributed by atoms with Gasteiger partial charge in [-0.1, -0.05) is 24.8 Å². The number of benzene rings is 1. The molecular weight excluding hydrogens is 218 g/mol. The molecule has 1 amide bonds. The van der Waals surface area contributed by atoms with Crippen LogP contribution in [0.5, 0.6) is 0 Å². The molecule has 0 fully saturated rings. The van der Waals surface area contributed by atoms with Gasteiger partial charge in [-0.15, -0.1) is 0 Å². The lowest BCUT2D eigenvalue weighted by atomic mass is 10.3. The van der Waals surface area contributed by atoms with Crippen molar-refractivity contribution in [1.29, 1.82) is 0 Å². The number of carbonyl (C=O) groups is 1. The Morgan fingerprint density at radius 2 is 1.87 bits per heavy atom. The first-order chi connectivity index (χ1) is 6.96. The molecule has 80 valence electrons. The Balaban J connectivity index is 3.26. The van der Waals surface area contributed by atoms with Crippen molar-refractivity contribution in [3.8, 4) is 0 Å². The van der Waals surface area contributed by atoms with Gasteiger partial charge in [0.25, 0.3) is 5.91 Å². The highest BCUT2D eigenvalue weighted by molar-refractivity contribution is 7.88. The van der Waals surface area contributed by atoms with Gasteiger partial charge in [0.05, 0.1) is 5.69 Å². The van der Waals surface area contributed by atoms with Crippen LogP contribution < -0.4 is 4.31 Å². The summed E-state index contributed by atoms with van der Waals surface area (Å²) in [6.45, 7) is 3.15. The molecule has 0 aromatic heterocycles. The van der Waals surface area contributed by atoms with E-state index in [4.69, 9.17) is 4.55 Å². The van der Waals surface area contributed by atoms with Gasteiger partial charge in [-0.2, -0.15) is 12.7 Å². The molecule has 1 N–H and O–H groups in total. The Hall–Kier alpha value is -1.66. The average Bonchev–Trinajstić information content (AvgIpc) is 2.17. The zero-order chi connectivity index (χ0) is 11.5. The van der Waals surface area contributed by atoms with Crippen LogP contribution in [-0.2, 0) is 15.1 Å². The molecule has 15 heavy (non-hydrogen) atoms. The van der Waals surface area contributed by atoms with Crippen LogP contribution in [0.4, 0.5) is 5.69 Å². The SMILES string of the molecule is C=CC(=O)N(c1ccccc1)S(=O)(=O)O. The summed E-state index contributed by atoms with van der Waals surface area (Å²) in [5.41, 5.74) is 0.0601. The van der Waals surface area contributed by atoms with Crippen LogP contribution >= 0.6 is 0 Å². The lowest BCUT2D eigenvalue weighted by Crippen LogP contribution is -2.35. The van der Waals surface area contributed by atoms with Crippen molar-refractivity contribution in [2.45, 2.75) is 0 Å². The van der Waals surface area contributed by atoms with Gasteiger partial charge in [0.1, 0.15) is 0 Å². The molecule has 0 aliphatic rings. The van der Waals surface area contributed by atoms with E-state index in [0.717, 1.165) is 6.08 Å². The van der Waals surface area contributed by atoms with Crippen molar-refractivity contribution in [1.82, 2.24) is 0 Å². The summed E-state index contributed by atoms with van der Waals surface area (Å²) in [4.78, 5) is 11.2. The quantitative estimate of drug-likeness (QED) is 0.617. The molecule has 0 saturated heterocycles. The van der Waals surface area contributed by atoms with Crippen LogP contribution in [-0.4, -0.2) is 18.9 Å². The predicted molar refractivity (Wildman–Crippen MR) is 55.7 cm³/mol. The Kier molecular flexibility index (Phi) is 3.23. The third-order valence-electron chi connectivity index (χ3n) is 1.60. The summed E-state index contributed by atoms with van der Waals surface area (Å²) < 4.78 is 31.0. The predicted octanol–water partition coefficient (Wildman–Crippen LogP) is 1.01. The average molecular weight is 227 g/mol. The van der Waals surface area contributed by atoms with Gasteiger partial charge in [-0.25, -0.2) is 0 Å². The van der Waals surface area contributed by atoms with Crippen molar-refractivity contribution in [3.63, 3.8) is 0 Å². The number of para-hydroxylation sites is 1. The molecule has 1 aromatic rings. The lowest BCUT2D eigenvalue weighted by Gasteiger charge is -2.16. The molecule has 0 atom stereocenters. The topological polar surface area (TPSA) is 74.7 Å². The standard InChI is InChI=1S/C9H9NO4S/c1-2-9(11)10(15(12,13)14)8-6-4-3-5-7-8/h2-7H,1H2,(H,12,13,14). The largest absolute Gasteiger partial charge is 0.366 e. The second kappa shape index (κ2) is 4.24. The van der Waals surface area contributed by atoms with Gasteiger partial charge in [-0.05, 0) is 18.2 Å². The Morgan fingerprint density at radius 3 is 2.27 bits per heavy atom. The minimum absolute atomic E-state index is 0.0601. The highest BCUT2D eigenvalue weighted by Gasteiger charge is 2.24. The van der Waals surface area contributed by atoms with Gasteiger partial charge >= 0.3 is 10.3 Å². The Labute approximate surface area is 87.5 Å². The monoisotopic (exact) mass is 227 g/mol. The minimum atomic E-state index is -4.62. The normalized spacial score (nSPS) is 10.7. The van der Waals surface area contributed by atoms with Crippen molar-refractivity contribution in [2.75, 3.05) is 4.31 Å². The molecule has 5 nitrogen and oxygen atoms in total. The van der Waals surface area contributed by atoms with E-state index in [2.05, 4.69) is 6.58 Å². The van der Waals surface area contributed by atoms with Crippen LogP contribution in [0.15, 0.2) is 43.0 Å². The molecule has 1 rings (SSSR count). The molecule has 0 bridgehead atoms. The number of nitrogens with zero attached hydrogens (tertiary/aromatic N) is 1. The van der Waals surface area contributed by atoms with E-state index < -0.39 is 16.2 Å². The van der Waals surface area contributed by atoms with E-state index in [1.54, 1.807) is 18.2 Å². The maximum absolute atomic E-state index is 11.2. The third-order valence-corrected chi connectivity index (χ3v) is 2.45. The smallest absolute Gasteiger partial charge is 0.269 e. The van der Waals surface area contributed by atoms with Crippen molar-refractivity contribution in [2.24, 2.45) is 0 Å². The van der Waals surface area contributed by atoms with Crippen LogP contribution in [0.2, 0.25) is 0 Å². The molecule has 0 spiro atoms. The van der Waals surface area contributed by atoms with E-state index >= 15 is 0 Å². The number of hydrogen-bond donors (Lipinski definition) is 1. The number of anilines is 1. The number of rotatable bonds is 3. The van der Waals surface area contributed by atoms with Crippen molar-refractivity contribution >= 4 is 21.9 Å². The second-order valence-electron chi connectivity index (χ2n) is 2.62. The molecular formula is C9H9NO4S. The van der Waals surface area contributed by atoms with Gasteiger partial charge < -0.3 is 0 Å². The zero-order valence-corrected chi connectivity index (χ0v) is 8.52. The van der Waals surface area contributed by atoms with E-state index in [-0.39, 0.29) is 9.99 Å². The van der Waals surface area contributed by atoms with E-state index in [9.17, 15) is 13.2 Å². The number of carbonyl (C=O) groups excluding carboxylic acids is 1. The fourth-order valence-electron chi connectivity index (χ4n) is 1.02. The van der Waals surface area contributed by atoms with E-state index in [1.807, 2.05) is 0 Å². The first kappa shape index (κ1) is 11.4. The van der Waals surface area contributed by atoms with Gasteiger partial charge in [0.2, 0.25) is 0 Å². The molecule has 0 unspecified atom stereocenters. The maximum Gasteiger partial charge on any atom is 0.366 e. The summed E-state index contributed by atoms with van der Waals surface area (Å²) in [5.74, 6) is -0.913. The van der Waals surface area contributed by atoms with Gasteiger partial charge in [-0.3, -0.25) is 9.35 Å². The van der Waals surface area contributed by atoms with Crippen LogP contribution in [0.25, 0.3) is 0 Å². The van der Waals surface area contributed by atoms with Crippen LogP contribution in [0, 0.1) is 0 Å². The molecule has 0 aliphatic heterocycles. The summed E-state index contributed by atoms with van der Waals surface area (Å²) in [5, 5.41) is 0. The zero-order valence-electron chi connectivity index (χ0n) is 7.70. The Bertz CT molecular complexity index is 466. The number of hydrogen-bond acceptors (Lipinski definition) is 3. The lowest BCUT2D eigenvalue weighted by molar-refractivity contribution is -0.113. The van der Waals surface area contributed by atoms with Crippen molar-refractivity contribution in [3.05, 3.63) is 43.0 Å². The molecule has 6 heteroatoms. The van der Waals surface area contributed by atoms with Crippen LogP contribution in [0.3, 0.4) is 0 Å². The molecule has 0 heterocycles. The summed E-state index contributed by atoms with van der Waals surface area (Å²) in [7, 11) is -4.62. The molecule has 0 aliphatic carbocycles. The Morgan fingerprint density at radius 1 is 1.33 bits per heavy atom. The van der Waals surface area contributed by atoms with Gasteiger partial charge in [0, 0.05) is 0 Å².